The number of thioether (sulfide) groups is 1. The molecule has 3 aromatic rings. The summed E-state index contributed by atoms with van der Waals surface area (Å²) in [4.78, 5) is 13.3. The van der Waals surface area contributed by atoms with Gasteiger partial charge in [-0.15, -0.1) is 10.2 Å². The molecule has 7 heteroatoms. The lowest BCUT2D eigenvalue weighted by Gasteiger charge is -2.33. The molecule has 0 radical (unpaired) electrons. The lowest BCUT2D eigenvalue weighted by Crippen LogP contribution is -2.41. The molecule has 1 amide bonds. The maximum atomic E-state index is 13.3. The molecule has 0 unspecified atom stereocenters. The summed E-state index contributed by atoms with van der Waals surface area (Å²) in [5, 5.41) is 12.0. The van der Waals surface area contributed by atoms with E-state index in [-0.39, 0.29) is 17.2 Å². The molecule has 30 heavy (non-hydrogen) atoms. The number of fused-ring (bicyclic) bond motifs is 1. The number of carbonyl (C=O) groups is 1. The van der Waals surface area contributed by atoms with E-state index in [1.165, 1.54) is 22.9 Å². The number of benzene rings is 2. The summed E-state index contributed by atoms with van der Waals surface area (Å²) in [6.07, 6.45) is 2.73. The lowest BCUT2D eigenvalue weighted by atomic mass is 10.0. The maximum Gasteiger partial charge on any atom is 0.240 e. The van der Waals surface area contributed by atoms with Crippen LogP contribution in [-0.2, 0) is 24.1 Å². The predicted molar refractivity (Wildman–Crippen MR) is 121 cm³/mol. The molecule has 0 saturated heterocycles. The van der Waals surface area contributed by atoms with E-state index in [9.17, 15) is 4.79 Å². The van der Waals surface area contributed by atoms with Crippen LogP contribution < -0.4 is 10.7 Å². The average molecular weight is 422 g/mol. The SMILES string of the molecule is CCc1ccc(NC(=O)[C@H]2Sc3nnc(CC)n3N[C@H]2c2ccc(CC)cc2)cc1. The first kappa shape index (κ1) is 20.5. The summed E-state index contributed by atoms with van der Waals surface area (Å²) in [5.74, 6) is 0.815. The minimum atomic E-state index is -0.371. The summed E-state index contributed by atoms with van der Waals surface area (Å²) >= 11 is 1.46. The van der Waals surface area contributed by atoms with Crippen molar-refractivity contribution in [2.45, 2.75) is 56.5 Å². The molecule has 1 aromatic heterocycles. The molecule has 2 atom stereocenters. The number of amides is 1. The number of nitrogens with zero attached hydrogens (tertiary/aromatic N) is 3. The fraction of sp³-hybridized carbons (Fsp3) is 0.348. The van der Waals surface area contributed by atoms with Gasteiger partial charge in [0.2, 0.25) is 11.1 Å². The van der Waals surface area contributed by atoms with Gasteiger partial charge in [-0.25, -0.2) is 4.68 Å². The third kappa shape index (κ3) is 4.07. The van der Waals surface area contributed by atoms with Gasteiger partial charge in [0.05, 0.1) is 6.04 Å². The smallest absolute Gasteiger partial charge is 0.240 e. The molecule has 4 rings (SSSR count). The fourth-order valence-corrected chi connectivity index (χ4v) is 4.67. The Labute approximate surface area is 181 Å². The van der Waals surface area contributed by atoms with Gasteiger partial charge in [0, 0.05) is 12.1 Å². The molecule has 0 spiro atoms. The first-order chi connectivity index (χ1) is 14.6. The molecule has 1 aliphatic rings. The highest BCUT2D eigenvalue weighted by Crippen LogP contribution is 2.37. The number of anilines is 1. The molecule has 2 aromatic carbocycles. The molecule has 0 bridgehead atoms. The second-order valence-corrected chi connectivity index (χ2v) is 8.48. The quantitative estimate of drug-likeness (QED) is 0.619. The number of aryl methyl sites for hydroxylation is 3. The standard InChI is InChI=1S/C23H27N5OS/c1-4-15-7-11-17(12-8-15)20-21(30-23-26-25-19(6-3)28(23)27-20)22(29)24-18-13-9-16(5-2)10-14-18/h7-14,20-21,27H,4-6H2,1-3H3,(H,24,29)/t20-,21-/m0/s1. The first-order valence-corrected chi connectivity index (χ1v) is 11.4. The third-order valence-electron chi connectivity index (χ3n) is 5.46. The fourth-order valence-electron chi connectivity index (χ4n) is 3.58. The average Bonchev–Trinajstić information content (AvgIpc) is 3.21. The van der Waals surface area contributed by atoms with Crippen LogP contribution in [0.25, 0.3) is 0 Å². The zero-order valence-corrected chi connectivity index (χ0v) is 18.4. The molecule has 156 valence electrons. The van der Waals surface area contributed by atoms with E-state index in [0.29, 0.717) is 0 Å². The molecule has 0 aliphatic carbocycles. The van der Waals surface area contributed by atoms with Crippen LogP contribution in [0.2, 0.25) is 0 Å². The van der Waals surface area contributed by atoms with E-state index in [1.54, 1.807) is 0 Å². The lowest BCUT2D eigenvalue weighted by molar-refractivity contribution is -0.116. The van der Waals surface area contributed by atoms with E-state index in [0.717, 1.165) is 41.5 Å². The van der Waals surface area contributed by atoms with Crippen molar-refractivity contribution in [3.63, 3.8) is 0 Å². The van der Waals surface area contributed by atoms with Gasteiger partial charge >= 0.3 is 0 Å². The Kier molecular flexibility index (Phi) is 6.08. The minimum absolute atomic E-state index is 0.0476. The molecule has 1 aliphatic heterocycles. The normalized spacial score (nSPS) is 17.8. The summed E-state index contributed by atoms with van der Waals surface area (Å²) in [7, 11) is 0. The molecule has 0 fully saturated rings. The van der Waals surface area contributed by atoms with E-state index in [4.69, 9.17) is 0 Å². The number of hydrogen-bond acceptors (Lipinski definition) is 5. The van der Waals surface area contributed by atoms with E-state index < -0.39 is 0 Å². The van der Waals surface area contributed by atoms with Gasteiger partial charge in [-0.1, -0.05) is 68.9 Å². The number of carbonyl (C=O) groups excluding carboxylic acids is 1. The summed E-state index contributed by atoms with van der Waals surface area (Å²) < 4.78 is 1.92. The van der Waals surface area contributed by atoms with Crippen LogP contribution in [0.1, 0.15) is 49.3 Å². The highest BCUT2D eigenvalue weighted by Gasteiger charge is 2.37. The Hall–Kier alpha value is -2.80. The van der Waals surface area contributed by atoms with Crippen molar-refractivity contribution in [2.24, 2.45) is 0 Å². The summed E-state index contributed by atoms with van der Waals surface area (Å²) in [6, 6.07) is 16.3. The Bertz CT molecular complexity index is 1010. The predicted octanol–water partition coefficient (Wildman–Crippen LogP) is 4.36. The molecular formula is C23H27N5OS. The monoisotopic (exact) mass is 421 g/mol. The van der Waals surface area contributed by atoms with Crippen molar-refractivity contribution in [3.05, 3.63) is 71.0 Å². The van der Waals surface area contributed by atoms with E-state index in [2.05, 4.69) is 59.1 Å². The largest absolute Gasteiger partial charge is 0.325 e. The Morgan fingerprint density at radius 1 is 0.967 bits per heavy atom. The molecular weight excluding hydrogens is 394 g/mol. The highest BCUT2D eigenvalue weighted by molar-refractivity contribution is 8.00. The molecule has 6 nitrogen and oxygen atoms in total. The second-order valence-electron chi connectivity index (χ2n) is 7.37. The van der Waals surface area contributed by atoms with Crippen LogP contribution in [0.5, 0.6) is 0 Å². The maximum absolute atomic E-state index is 13.3. The molecule has 2 N–H and O–H groups in total. The van der Waals surface area contributed by atoms with Crippen LogP contribution in [0.15, 0.2) is 53.7 Å². The first-order valence-electron chi connectivity index (χ1n) is 10.5. The van der Waals surface area contributed by atoms with Crippen LogP contribution in [0.3, 0.4) is 0 Å². The van der Waals surface area contributed by atoms with Crippen molar-refractivity contribution in [3.8, 4) is 0 Å². The van der Waals surface area contributed by atoms with E-state index >= 15 is 0 Å². The van der Waals surface area contributed by atoms with Crippen molar-refractivity contribution >= 4 is 23.4 Å². The Morgan fingerprint density at radius 2 is 1.60 bits per heavy atom. The van der Waals surface area contributed by atoms with Gasteiger partial charge in [0.1, 0.15) is 5.25 Å². The zero-order chi connectivity index (χ0) is 21.1. The van der Waals surface area contributed by atoms with Crippen LogP contribution in [0, 0.1) is 0 Å². The molecule has 0 saturated carbocycles. The number of nitrogens with one attached hydrogen (secondary N) is 2. The van der Waals surface area contributed by atoms with Gasteiger partial charge in [-0.2, -0.15) is 0 Å². The number of hydrogen-bond donors (Lipinski definition) is 2. The van der Waals surface area contributed by atoms with Gasteiger partial charge < -0.3 is 10.7 Å². The zero-order valence-electron chi connectivity index (χ0n) is 17.6. The third-order valence-corrected chi connectivity index (χ3v) is 6.67. The highest BCUT2D eigenvalue weighted by atomic mass is 32.2. The van der Waals surface area contributed by atoms with Crippen LogP contribution in [-0.4, -0.2) is 26.0 Å². The number of rotatable bonds is 6. The van der Waals surface area contributed by atoms with Gasteiger partial charge in [0.15, 0.2) is 5.82 Å². The van der Waals surface area contributed by atoms with Gasteiger partial charge in [-0.05, 0) is 41.7 Å². The summed E-state index contributed by atoms with van der Waals surface area (Å²) in [6.45, 7) is 6.31. The Morgan fingerprint density at radius 3 is 2.20 bits per heavy atom. The van der Waals surface area contributed by atoms with Crippen molar-refractivity contribution in [1.82, 2.24) is 14.9 Å². The summed E-state index contributed by atoms with van der Waals surface area (Å²) in [5.41, 5.74) is 7.89. The van der Waals surface area contributed by atoms with E-state index in [1.807, 2.05) is 35.9 Å². The topological polar surface area (TPSA) is 71.8 Å². The minimum Gasteiger partial charge on any atom is -0.325 e. The molecule has 2 heterocycles. The van der Waals surface area contributed by atoms with Crippen LogP contribution in [0.4, 0.5) is 5.69 Å². The van der Waals surface area contributed by atoms with Crippen molar-refractivity contribution in [2.75, 3.05) is 10.7 Å². The van der Waals surface area contributed by atoms with Gasteiger partial charge in [-0.3, -0.25) is 4.79 Å². The Balaban J connectivity index is 1.63. The number of aromatic nitrogens is 3. The van der Waals surface area contributed by atoms with Crippen molar-refractivity contribution < 1.29 is 4.79 Å². The van der Waals surface area contributed by atoms with Crippen molar-refractivity contribution in [1.29, 1.82) is 0 Å². The van der Waals surface area contributed by atoms with Gasteiger partial charge in [0.25, 0.3) is 0 Å². The second kappa shape index (κ2) is 8.92. The van der Waals surface area contributed by atoms with Crippen LogP contribution >= 0.6 is 11.8 Å².